The van der Waals surface area contributed by atoms with Crippen LogP contribution in [0.5, 0.6) is 0 Å². The van der Waals surface area contributed by atoms with Crippen LogP contribution in [-0.2, 0) is 0 Å². The van der Waals surface area contributed by atoms with E-state index in [2.05, 4.69) is 0 Å². The summed E-state index contributed by atoms with van der Waals surface area (Å²) in [6.07, 6.45) is 0. The number of halogens is 1. The van der Waals surface area contributed by atoms with Gasteiger partial charge in [-0.25, -0.2) is 0 Å². The van der Waals surface area contributed by atoms with Crippen molar-refractivity contribution in [3.8, 4) is 0 Å². The molecule has 0 unspecified atom stereocenters. The van der Waals surface area contributed by atoms with Crippen molar-refractivity contribution in [3.63, 3.8) is 0 Å². The second kappa shape index (κ2) is 5.02. The Morgan fingerprint density at radius 3 is 2.60 bits per heavy atom. The molecule has 2 nitrogen and oxygen atoms in total. The van der Waals surface area contributed by atoms with Crippen molar-refractivity contribution in [2.24, 2.45) is 0 Å². The number of amides is 1. The molecule has 80 valence electrons. The molecule has 0 aromatic heterocycles. The second-order valence-electron chi connectivity index (χ2n) is 3.38. The fourth-order valence-electron chi connectivity index (χ4n) is 1.57. The Kier molecular flexibility index (Phi) is 3.68. The molecule has 1 aromatic rings. The van der Waals surface area contributed by atoms with Gasteiger partial charge in [-0.05, 0) is 0 Å². The van der Waals surface area contributed by atoms with Gasteiger partial charge in [-0.3, -0.25) is 0 Å². The van der Waals surface area contributed by atoms with E-state index in [1.165, 1.54) is 10.6 Å². The standard InChI is InChI=1S/C11H12ClNOSe/c12-10-4-2-1-3-9(10)11(14)13-5-7-15-8-6-13/h1-4H,5-8H2. The van der Waals surface area contributed by atoms with Crippen LogP contribution in [0.3, 0.4) is 0 Å². The van der Waals surface area contributed by atoms with Crippen LogP contribution in [0.15, 0.2) is 24.3 Å². The zero-order valence-electron chi connectivity index (χ0n) is 8.28. The predicted octanol–water partition coefficient (Wildman–Crippen LogP) is 2.34. The van der Waals surface area contributed by atoms with Crippen LogP contribution in [0, 0.1) is 0 Å². The quantitative estimate of drug-likeness (QED) is 0.727. The molecule has 0 spiro atoms. The van der Waals surface area contributed by atoms with E-state index in [9.17, 15) is 4.79 Å². The Hall–Kier alpha value is -0.501. The molecule has 0 radical (unpaired) electrons. The Balaban J connectivity index is 2.16. The first-order chi connectivity index (χ1) is 7.29. The second-order valence-corrected chi connectivity index (χ2v) is 6.36. The molecular weight excluding hydrogens is 277 g/mol. The van der Waals surface area contributed by atoms with Gasteiger partial charge in [-0.2, -0.15) is 0 Å². The Morgan fingerprint density at radius 2 is 1.93 bits per heavy atom. The molecule has 4 heteroatoms. The Bertz CT molecular complexity index is 363. The van der Waals surface area contributed by atoms with Gasteiger partial charge in [0.25, 0.3) is 0 Å². The van der Waals surface area contributed by atoms with Crippen LogP contribution in [0.2, 0.25) is 15.7 Å². The molecule has 1 fully saturated rings. The van der Waals surface area contributed by atoms with E-state index < -0.39 is 0 Å². The molecule has 0 saturated carbocycles. The van der Waals surface area contributed by atoms with Gasteiger partial charge in [0.05, 0.1) is 0 Å². The predicted molar refractivity (Wildman–Crippen MR) is 62.7 cm³/mol. The van der Waals surface area contributed by atoms with E-state index in [4.69, 9.17) is 11.6 Å². The van der Waals surface area contributed by atoms with Gasteiger partial charge < -0.3 is 0 Å². The summed E-state index contributed by atoms with van der Waals surface area (Å²) in [5.74, 6) is 0.0797. The number of hydrogen-bond acceptors (Lipinski definition) is 1. The van der Waals surface area contributed by atoms with Gasteiger partial charge in [0.15, 0.2) is 0 Å². The minimum atomic E-state index is 0.0797. The van der Waals surface area contributed by atoms with E-state index in [0.717, 1.165) is 28.0 Å². The molecule has 1 heterocycles. The van der Waals surface area contributed by atoms with Crippen molar-refractivity contribution in [1.29, 1.82) is 0 Å². The van der Waals surface area contributed by atoms with Gasteiger partial charge in [0.1, 0.15) is 0 Å². The van der Waals surface area contributed by atoms with Gasteiger partial charge in [0.2, 0.25) is 0 Å². The number of carbonyl (C=O) groups excluding carboxylic acids is 1. The van der Waals surface area contributed by atoms with Crippen molar-refractivity contribution in [2.75, 3.05) is 13.1 Å². The third-order valence-corrected chi connectivity index (χ3v) is 4.71. The van der Waals surface area contributed by atoms with E-state index in [0.29, 0.717) is 10.6 Å². The Labute approximate surface area is 101 Å². The average molecular weight is 289 g/mol. The van der Waals surface area contributed by atoms with Crippen LogP contribution >= 0.6 is 11.6 Å². The first-order valence-electron chi connectivity index (χ1n) is 4.90. The molecule has 0 atom stereocenters. The molecular formula is C11H12ClNOSe. The minimum absolute atomic E-state index is 0.0797. The number of hydrogen-bond donors (Lipinski definition) is 0. The molecule has 1 saturated heterocycles. The van der Waals surface area contributed by atoms with Crippen molar-refractivity contribution in [2.45, 2.75) is 10.6 Å². The maximum atomic E-state index is 12.1. The number of benzene rings is 1. The zero-order valence-corrected chi connectivity index (χ0v) is 10.7. The molecule has 0 N–H and O–H groups in total. The van der Waals surface area contributed by atoms with E-state index in [1.807, 2.05) is 17.0 Å². The number of rotatable bonds is 1. The molecule has 0 aliphatic carbocycles. The first kappa shape index (κ1) is 11.0. The molecule has 1 aromatic carbocycles. The van der Waals surface area contributed by atoms with Crippen molar-refractivity contribution in [1.82, 2.24) is 4.90 Å². The maximum absolute atomic E-state index is 12.1. The van der Waals surface area contributed by atoms with Crippen molar-refractivity contribution in [3.05, 3.63) is 34.9 Å². The third-order valence-electron chi connectivity index (χ3n) is 2.40. The van der Waals surface area contributed by atoms with Crippen molar-refractivity contribution < 1.29 is 4.79 Å². The molecule has 0 bridgehead atoms. The third kappa shape index (κ3) is 2.54. The number of carbonyl (C=O) groups is 1. The van der Waals surface area contributed by atoms with Gasteiger partial charge in [-0.1, -0.05) is 0 Å². The molecule has 1 aliphatic rings. The van der Waals surface area contributed by atoms with Gasteiger partial charge in [-0.15, -0.1) is 0 Å². The monoisotopic (exact) mass is 289 g/mol. The summed E-state index contributed by atoms with van der Waals surface area (Å²) in [5.41, 5.74) is 0.633. The SMILES string of the molecule is O=C(c1ccccc1Cl)N1CC[Se]CC1. The number of nitrogens with zero attached hydrogens (tertiary/aromatic N) is 1. The summed E-state index contributed by atoms with van der Waals surface area (Å²) in [4.78, 5) is 14.0. The Morgan fingerprint density at radius 1 is 1.27 bits per heavy atom. The molecule has 1 amide bonds. The fourth-order valence-corrected chi connectivity index (χ4v) is 3.68. The summed E-state index contributed by atoms with van der Waals surface area (Å²) in [6, 6.07) is 7.26. The summed E-state index contributed by atoms with van der Waals surface area (Å²) in [7, 11) is 0. The fraction of sp³-hybridized carbons (Fsp3) is 0.364. The first-order valence-corrected chi connectivity index (χ1v) is 7.70. The van der Waals surface area contributed by atoms with Crippen LogP contribution in [0.1, 0.15) is 10.4 Å². The van der Waals surface area contributed by atoms with E-state index in [1.54, 1.807) is 12.1 Å². The molecule has 15 heavy (non-hydrogen) atoms. The van der Waals surface area contributed by atoms with Crippen LogP contribution < -0.4 is 0 Å². The van der Waals surface area contributed by atoms with Crippen molar-refractivity contribution >= 4 is 32.5 Å². The van der Waals surface area contributed by atoms with E-state index in [-0.39, 0.29) is 5.91 Å². The summed E-state index contributed by atoms with van der Waals surface area (Å²) >= 11 is 6.73. The summed E-state index contributed by atoms with van der Waals surface area (Å²) < 4.78 is 0. The van der Waals surface area contributed by atoms with Crippen LogP contribution in [0.25, 0.3) is 0 Å². The average Bonchev–Trinajstić information content (AvgIpc) is 2.30. The molecule has 1 aliphatic heterocycles. The van der Waals surface area contributed by atoms with Crippen LogP contribution in [0.4, 0.5) is 0 Å². The normalized spacial score (nSPS) is 16.5. The summed E-state index contributed by atoms with van der Waals surface area (Å²) in [6.45, 7) is 1.79. The topological polar surface area (TPSA) is 20.3 Å². The summed E-state index contributed by atoms with van der Waals surface area (Å²) in [5, 5.41) is 2.89. The zero-order chi connectivity index (χ0) is 10.7. The van der Waals surface area contributed by atoms with Gasteiger partial charge in [0, 0.05) is 0 Å². The van der Waals surface area contributed by atoms with E-state index >= 15 is 0 Å². The van der Waals surface area contributed by atoms with Gasteiger partial charge >= 0.3 is 101 Å². The van der Waals surface area contributed by atoms with Crippen LogP contribution in [-0.4, -0.2) is 38.9 Å². The molecule has 2 rings (SSSR count).